The molecule has 0 bridgehead atoms. The second kappa shape index (κ2) is 26.9. The minimum atomic E-state index is -1.68. The van der Waals surface area contributed by atoms with E-state index in [4.69, 9.17) is 31.1 Å². The number of aliphatic hydroxyl groups is 2. The third kappa shape index (κ3) is 16.0. The minimum Gasteiger partial charge on any atom is -0.662 e. The predicted molar refractivity (Wildman–Crippen MR) is 252 cm³/mol. The van der Waals surface area contributed by atoms with Crippen LogP contribution >= 0.6 is 11.6 Å². The number of halogens is 1. The topological polar surface area (TPSA) is 265 Å². The number of hydrogen-bond acceptors (Lipinski definition) is 17. The van der Waals surface area contributed by atoms with Gasteiger partial charge < -0.3 is 39.6 Å². The maximum Gasteiger partial charge on any atom is 1.00 e. The van der Waals surface area contributed by atoms with Gasteiger partial charge in [0.25, 0.3) is 18.3 Å². The average Bonchev–Trinajstić information content (AvgIpc) is 4.16. The first kappa shape index (κ1) is 57.5. The number of carbonyl (C=O) groups is 5. The molecular weight excluding hydrogens is 1060 g/mol. The smallest absolute Gasteiger partial charge is 0.662 e. The van der Waals surface area contributed by atoms with Crippen molar-refractivity contribution in [3.63, 3.8) is 0 Å². The number of aromatic nitrogens is 6. The minimum absolute atomic E-state index is 0. The molecule has 6 heterocycles. The number of ether oxygens (including phenoxy) is 2. The number of rotatable bonds is 7. The zero-order chi connectivity index (χ0) is 51.0. The number of benzene rings is 2. The van der Waals surface area contributed by atoms with Crippen LogP contribution in [0.1, 0.15) is 64.4 Å². The molecule has 0 aliphatic carbocycles. The maximum absolute atomic E-state index is 12.2. The van der Waals surface area contributed by atoms with Crippen molar-refractivity contribution in [2.24, 2.45) is 4.99 Å². The summed E-state index contributed by atoms with van der Waals surface area (Å²) in [5.41, 5.74) is 1.34. The van der Waals surface area contributed by atoms with Crippen LogP contribution in [-0.4, -0.2) is 145 Å². The van der Waals surface area contributed by atoms with Gasteiger partial charge in [-0.3, -0.25) is 19.4 Å². The molecular formula is C49H47ClCsN9O11. The van der Waals surface area contributed by atoms with Gasteiger partial charge in [-0.1, -0.05) is 65.6 Å². The van der Waals surface area contributed by atoms with E-state index in [-0.39, 0.29) is 123 Å². The van der Waals surface area contributed by atoms with Crippen LogP contribution in [0.2, 0.25) is 5.15 Å². The van der Waals surface area contributed by atoms with E-state index in [0.717, 1.165) is 12.1 Å². The normalized spacial score (nSPS) is 17.2. The molecule has 362 valence electrons. The molecule has 2 saturated heterocycles. The third-order valence-electron chi connectivity index (χ3n) is 10.2. The fourth-order valence-electron chi connectivity index (χ4n) is 6.49. The summed E-state index contributed by atoms with van der Waals surface area (Å²) in [6, 6.07) is 16.8. The van der Waals surface area contributed by atoms with Crippen molar-refractivity contribution in [3.05, 3.63) is 118 Å². The van der Waals surface area contributed by atoms with E-state index in [1.807, 2.05) is 13.1 Å². The summed E-state index contributed by atoms with van der Waals surface area (Å²) >= 11 is 6.02. The molecule has 3 aromatic heterocycles. The summed E-state index contributed by atoms with van der Waals surface area (Å²) in [7, 11) is 4.54. The van der Waals surface area contributed by atoms with Crippen LogP contribution in [0.25, 0.3) is 28.6 Å². The molecule has 2 fully saturated rings. The Kier molecular flexibility index (Phi) is 21.8. The van der Waals surface area contributed by atoms with Crippen molar-refractivity contribution in [2.75, 3.05) is 47.4 Å². The molecule has 2 amide bonds. The van der Waals surface area contributed by atoms with Crippen molar-refractivity contribution in [1.29, 1.82) is 0 Å². The van der Waals surface area contributed by atoms with Crippen LogP contribution in [-0.2, 0) is 28.7 Å². The van der Waals surface area contributed by atoms with Crippen LogP contribution in [0.5, 0.6) is 0 Å². The van der Waals surface area contributed by atoms with Crippen molar-refractivity contribution >= 4 is 48.0 Å². The standard InChI is InChI=1S/C23H21N5O4.C20H18ClN3O4.C5H7N.CH2O3.Cs/c1-15-13-24-28(14-15)19-12-18(21(29)32-3)25-20(26-19)17-6-4-5-16(11-17)7-8-23(31)9-10-27(2)22(23)30;1-3-28-18(25)15-12-16(21)23-17(22-15)14-6-4-5-13(11-14)7-8-20(27)9-10-24(2)19(20)26;1-5-2-3-6-4-5;2-1-4-3;/h4-6,11-14,31H,9-10H2,1-3H3;4-6,11-12,27H,3,9-10H2,1-2H3;2,4H,3H2,1H3;1,3H;/q;;;;+1/p-1/t23-;20-;;;/m00.../s1. The molecule has 0 unspecified atom stereocenters. The third-order valence-corrected chi connectivity index (χ3v) is 10.4. The first-order chi connectivity index (χ1) is 33.4. The van der Waals surface area contributed by atoms with Gasteiger partial charge in [-0.05, 0) is 56.2 Å². The summed E-state index contributed by atoms with van der Waals surface area (Å²) in [6.45, 7) is 7.49. The number of methoxy groups -OCH3 is 1. The molecule has 5 aromatic rings. The summed E-state index contributed by atoms with van der Waals surface area (Å²) in [5, 5.41) is 33.7. The van der Waals surface area contributed by atoms with Gasteiger partial charge in [0.15, 0.2) is 28.9 Å². The Morgan fingerprint density at radius 3 is 1.79 bits per heavy atom. The Bertz CT molecular complexity index is 2960. The van der Waals surface area contributed by atoms with E-state index in [1.54, 1.807) is 86.6 Å². The number of aryl methyl sites for hydroxylation is 1. The molecule has 3 aliphatic heterocycles. The van der Waals surface area contributed by atoms with Gasteiger partial charge in [0, 0.05) is 86.8 Å². The summed E-state index contributed by atoms with van der Waals surface area (Å²) in [4.78, 5) is 83.6. The Hall–Kier alpha value is -6.09. The number of allylic oxidation sites excluding steroid dienone is 1. The Labute approximate surface area is 472 Å². The van der Waals surface area contributed by atoms with E-state index in [9.17, 15) is 29.4 Å². The number of hydrogen-bond donors (Lipinski definition) is 2. The van der Waals surface area contributed by atoms with Crippen molar-refractivity contribution in [2.45, 2.75) is 44.8 Å². The second-order valence-electron chi connectivity index (χ2n) is 15.5. The van der Waals surface area contributed by atoms with Gasteiger partial charge in [0.2, 0.25) is 11.2 Å². The molecule has 22 heteroatoms. The number of likely N-dealkylation sites (N-methyl/N-ethyl adjacent to an activating group) is 2. The number of nitrogens with zero attached hydrogens (tertiary/aromatic N) is 9. The number of likely N-dealkylation sites (tertiary alicyclic amines) is 2. The molecule has 20 nitrogen and oxygen atoms in total. The molecule has 8 rings (SSSR count). The average molecular weight is 1110 g/mol. The van der Waals surface area contributed by atoms with Crippen molar-refractivity contribution < 1.29 is 123 Å². The van der Waals surface area contributed by atoms with E-state index in [1.165, 1.54) is 34.6 Å². The molecule has 0 saturated carbocycles. The van der Waals surface area contributed by atoms with E-state index in [0.29, 0.717) is 41.2 Å². The SMILES string of the molecule is CC1=CCN=C1.CCOC(=O)c1cc(Cl)nc(-c2cccc(C#C[C@]3(O)CCN(C)C3=O)c2)n1.COC(=O)c1cc(-n2cc(C)cn2)nc(-c2cccc(C#C[C@]3(O)CCN(C)C3=O)c2)n1.O=CO[O-].[Cs+]. The number of carbonyl (C=O) groups excluding carboxylic acids is 5. The van der Waals surface area contributed by atoms with Crippen LogP contribution in [0.3, 0.4) is 0 Å². The summed E-state index contributed by atoms with van der Waals surface area (Å²) in [5.74, 6) is 10.0. The monoisotopic (exact) mass is 1110 g/mol. The van der Waals surface area contributed by atoms with Gasteiger partial charge >= 0.3 is 80.8 Å². The Morgan fingerprint density at radius 2 is 1.38 bits per heavy atom. The van der Waals surface area contributed by atoms with Gasteiger partial charge in [0.05, 0.1) is 26.5 Å². The first-order valence-corrected chi connectivity index (χ1v) is 21.6. The summed E-state index contributed by atoms with van der Waals surface area (Å²) < 4.78 is 11.3. The van der Waals surface area contributed by atoms with E-state index in [2.05, 4.69) is 71.6 Å². The molecule has 2 atom stereocenters. The Morgan fingerprint density at radius 1 is 0.845 bits per heavy atom. The quantitative estimate of drug-likeness (QED) is 0.0531. The van der Waals surface area contributed by atoms with Gasteiger partial charge in [-0.15, -0.1) is 0 Å². The number of aliphatic imine (C=N–C) groups is 1. The van der Waals surface area contributed by atoms with Gasteiger partial charge in [-0.2, -0.15) is 5.10 Å². The van der Waals surface area contributed by atoms with E-state index >= 15 is 0 Å². The molecule has 2 aromatic carbocycles. The fourth-order valence-corrected chi connectivity index (χ4v) is 6.68. The van der Waals surface area contributed by atoms with E-state index < -0.39 is 35.0 Å². The number of amides is 2. The van der Waals surface area contributed by atoms with Crippen LogP contribution < -0.4 is 74.2 Å². The molecule has 3 aliphatic rings. The second-order valence-corrected chi connectivity index (χ2v) is 15.9. The van der Waals surface area contributed by atoms with Crippen LogP contribution in [0.4, 0.5) is 0 Å². The molecule has 71 heavy (non-hydrogen) atoms. The van der Waals surface area contributed by atoms with Crippen LogP contribution in [0.15, 0.2) is 89.7 Å². The van der Waals surface area contributed by atoms with Crippen LogP contribution in [0, 0.1) is 30.6 Å². The number of esters is 2. The fraction of sp³-hybridized carbons (Fsp3) is 0.286. The van der Waals surface area contributed by atoms with Gasteiger partial charge in [-0.25, -0.2) is 34.2 Å². The molecule has 0 spiro atoms. The Balaban J connectivity index is 0.000000256. The zero-order valence-electron chi connectivity index (χ0n) is 39.9. The predicted octanol–water partition coefficient (Wildman–Crippen LogP) is -0.257. The first-order valence-electron chi connectivity index (χ1n) is 21.2. The van der Waals surface area contributed by atoms with Crippen molar-refractivity contribution in [1.82, 2.24) is 39.5 Å². The maximum atomic E-state index is 12.2. The summed E-state index contributed by atoms with van der Waals surface area (Å²) in [6.07, 6.45) is 7.97. The molecule has 2 N–H and O–H groups in total. The van der Waals surface area contributed by atoms with Crippen molar-refractivity contribution in [3.8, 4) is 52.3 Å². The van der Waals surface area contributed by atoms with Gasteiger partial charge in [0.1, 0.15) is 5.15 Å². The largest absolute Gasteiger partial charge is 1.00 e. The molecule has 0 radical (unpaired) electrons. The zero-order valence-corrected chi connectivity index (χ0v) is 46.9.